The van der Waals surface area contributed by atoms with Crippen molar-refractivity contribution >= 4 is 5.69 Å². The molecule has 1 aliphatic rings. The average Bonchev–Trinajstić information content (AvgIpc) is 2.58. The Morgan fingerprint density at radius 1 is 1.26 bits per heavy atom. The van der Waals surface area contributed by atoms with Gasteiger partial charge in [0.05, 0.1) is 0 Å². The Kier molecular flexibility index (Phi) is 4.87. The molecule has 0 spiro atoms. The van der Waals surface area contributed by atoms with E-state index in [0.717, 1.165) is 19.0 Å². The fourth-order valence-electron chi connectivity index (χ4n) is 2.96. The molecule has 2 rings (SSSR count). The molecule has 0 aromatic heterocycles. The number of para-hydroxylation sites is 1. The predicted molar refractivity (Wildman–Crippen MR) is 83.6 cm³/mol. The lowest BCUT2D eigenvalue weighted by atomic mass is 10.0. The van der Waals surface area contributed by atoms with Crippen molar-refractivity contribution in [3.63, 3.8) is 0 Å². The Hall–Kier alpha value is -1.02. The van der Waals surface area contributed by atoms with Crippen LogP contribution in [0.1, 0.15) is 46.1 Å². The Morgan fingerprint density at radius 2 is 2.00 bits per heavy atom. The molecule has 0 fully saturated rings. The molecular formula is C17H28N2. The Morgan fingerprint density at radius 3 is 2.68 bits per heavy atom. The second-order valence-electron chi connectivity index (χ2n) is 6.25. The fourth-order valence-corrected chi connectivity index (χ4v) is 2.96. The van der Waals surface area contributed by atoms with Gasteiger partial charge >= 0.3 is 0 Å². The summed E-state index contributed by atoms with van der Waals surface area (Å²) in [5.41, 5.74) is 2.87. The third kappa shape index (κ3) is 3.50. The van der Waals surface area contributed by atoms with Gasteiger partial charge in [0.15, 0.2) is 0 Å². The second-order valence-corrected chi connectivity index (χ2v) is 6.25. The quantitative estimate of drug-likeness (QED) is 0.885. The highest BCUT2D eigenvalue weighted by molar-refractivity contribution is 5.55. The molecule has 0 radical (unpaired) electrons. The molecule has 1 aliphatic heterocycles. The molecule has 19 heavy (non-hydrogen) atoms. The molecular weight excluding hydrogens is 232 g/mol. The fraction of sp³-hybridized carbons (Fsp3) is 0.647. The van der Waals surface area contributed by atoms with Crippen LogP contribution in [0.15, 0.2) is 24.3 Å². The van der Waals surface area contributed by atoms with Gasteiger partial charge in [0, 0.05) is 30.9 Å². The largest absolute Gasteiger partial charge is 0.367 e. The first-order valence-electron chi connectivity index (χ1n) is 7.69. The van der Waals surface area contributed by atoms with Crippen molar-refractivity contribution in [3.05, 3.63) is 29.8 Å². The predicted octanol–water partition coefficient (Wildman–Crippen LogP) is 3.81. The van der Waals surface area contributed by atoms with Crippen molar-refractivity contribution in [3.8, 4) is 0 Å². The summed E-state index contributed by atoms with van der Waals surface area (Å²) in [6.07, 6.45) is 2.45. The summed E-state index contributed by atoms with van der Waals surface area (Å²) in [4.78, 5) is 2.60. The van der Waals surface area contributed by atoms with E-state index in [1.54, 1.807) is 0 Å². The molecule has 2 atom stereocenters. The maximum Gasteiger partial charge on any atom is 0.0414 e. The SMILES string of the molecule is CCC(C)N1CC(CC(C)C)NCc2ccccc21. The standard InChI is InChI=1S/C17H28N2/c1-5-14(4)19-12-16(10-13(2)3)18-11-15-8-6-7-9-17(15)19/h6-9,13-14,16,18H,5,10-12H2,1-4H3. The lowest BCUT2D eigenvalue weighted by Crippen LogP contribution is -2.42. The van der Waals surface area contributed by atoms with Crippen molar-refractivity contribution in [2.24, 2.45) is 5.92 Å². The van der Waals surface area contributed by atoms with Crippen molar-refractivity contribution < 1.29 is 0 Å². The minimum absolute atomic E-state index is 0.599. The first-order chi connectivity index (χ1) is 9.11. The van der Waals surface area contributed by atoms with Gasteiger partial charge in [-0.25, -0.2) is 0 Å². The van der Waals surface area contributed by atoms with Crippen LogP contribution in [0.25, 0.3) is 0 Å². The van der Waals surface area contributed by atoms with E-state index in [2.05, 4.69) is 62.2 Å². The zero-order valence-electron chi connectivity index (χ0n) is 12.8. The summed E-state index contributed by atoms with van der Waals surface area (Å²) < 4.78 is 0. The van der Waals surface area contributed by atoms with Gasteiger partial charge in [0.2, 0.25) is 0 Å². The summed E-state index contributed by atoms with van der Waals surface area (Å²) in [5.74, 6) is 0.748. The van der Waals surface area contributed by atoms with Crippen molar-refractivity contribution in [2.45, 2.75) is 59.2 Å². The molecule has 0 saturated carbocycles. The maximum atomic E-state index is 3.74. The molecule has 0 bridgehead atoms. The third-order valence-corrected chi connectivity index (χ3v) is 4.18. The molecule has 0 saturated heterocycles. The lowest BCUT2D eigenvalue weighted by Gasteiger charge is -2.33. The minimum atomic E-state index is 0.599. The number of hydrogen-bond donors (Lipinski definition) is 1. The van der Waals surface area contributed by atoms with E-state index in [1.165, 1.54) is 24.1 Å². The maximum absolute atomic E-state index is 3.74. The zero-order chi connectivity index (χ0) is 13.8. The summed E-state index contributed by atoms with van der Waals surface area (Å²) in [7, 11) is 0. The van der Waals surface area contributed by atoms with E-state index < -0.39 is 0 Å². The normalized spacial score (nSPS) is 21.1. The van der Waals surface area contributed by atoms with Gasteiger partial charge < -0.3 is 10.2 Å². The number of benzene rings is 1. The minimum Gasteiger partial charge on any atom is -0.367 e. The van der Waals surface area contributed by atoms with Crippen molar-refractivity contribution in [1.82, 2.24) is 5.32 Å². The van der Waals surface area contributed by atoms with E-state index >= 15 is 0 Å². The van der Waals surface area contributed by atoms with Crippen LogP contribution in [0.4, 0.5) is 5.69 Å². The van der Waals surface area contributed by atoms with Crippen LogP contribution in [0.3, 0.4) is 0 Å². The first-order valence-corrected chi connectivity index (χ1v) is 7.69. The number of rotatable bonds is 4. The number of fused-ring (bicyclic) bond motifs is 1. The lowest BCUT2D eigenvalue weighted by molar-refractivity contribution is 0.413. The van der Waals surface area contributed by atoms with Crippen LogP contribution in [0.2, 0.25) is 0 Å². The van der Waals surface area contributed by atoms with Gasteiger partial charge in [-0.15, -0.1) is 0 Å². The number of anilines is 1. The molecule has 1 aromatic carbocycles. The van der Waals surface area contributed by atoms with Crippen LogP contribution in [0, 0.1) is 5.92 Å². The highest BCUT2D eigenvalue weighted by Gasteiger charge is 2.24. The number of nitrogens with zero attached hydrogens (tertiary/aromatic N) is 1. The summed E-state index contributed by atoms with van der Waals surface area (Å²) in [5, 5.41) is 3.74. The van der Waals surface area contributed by atoms with Crippen LogP contribution in [-0.4, -0.2) is 18.6 Å². The van der Waals surface area contributed by atoms with Gasteiger partial charge in [0.25, 0.3) is 0 Å². The smallest absolute Gasteiger partial charge is 0.0414 e. The van der Waals surface area contributed by atoms with Crippen molar-refractivity contribution in [2.75, 3.05) is 11.4 Å². The van der Waals surface area contributed by atoms with Crippen molar-refractivity contribution in [1.29, 1.82) is 0 Å². The molecule has 0 aliphatic carbocycles. The van der Waals surface area contributed by atoms with Gasteiger partial charge in [-0.1, -0.05) is 39.0 Å². The van der Waals surface area contributed by atoms with E-state index in [-0.39, 0.29) is 0 Å². The summed E-state index contributed by atoms with van der Waals surface area (Å²) >= 11 is 0. The van der Waals surface area contributed by atoms with Gasteiger partial charge in [-0.2, -0.15) is 0 Å². The molecule has 1 N–H and O–H groups in total. The Bertz CT molecular complexity index is 400. The summed E-state index contributed by atoms with van der Waals surface area (Å²) in [6, 6.07) is 10.1. The molecule has 0 amide bonds. The number of hydrogen-bond acceptors (Lipinski definition) is 2. The molecule has 106 valence electrons. The van der Waals surface area contributed by atoms with E-state index in [0.29, 0.717) is 12.1 Å². The van der Waals surface area contributed by atoms with E-state index in [1.807, 2.05) is 0 Å². The third-order valence-electron chi connectivity index (χ3n) is 4.18. The van der Waals surface area contributed by atoms with Gasteiger partial charge in [-0.3, -0.25) is 0 Å². The molecule has 2 nitrogen and oxygen atoms in total. The topological polar surface area (TPSA) is 15.3 Å². The van der Waals surface area contributed by atoms with Gasteiger partial charge in [0.1, 0.15) is 0 Å². The van der Waals surface area contributed by atoms with Gasteiger partial charge in [-0.05, 0) is 37.3 Å². The highest BCUT2D eigenvalue weighted by atomic mass is 15.2. The van der Waals surface area contributed by atoms with Crippen LogP contribution in [-0.2, 0) is 6.54 Å². The Labute approximate surface area is 118 Å². The van der Waals surface area contributed by atoms with Crippen LogP contribution < -0.4 is 10.2 Å². The summed E-state index contributed by atoms with van der Waals surface area (Å²) in [6.45, 7) is 11.4. The monoisotopic (exact) mass is 260 g/mol. The first kappa shape index (κ1) is 14.4. The second kappa shape index (κ2) is 6.42. The zero-order valence-corrected chi connectivity index (χ0v) is 12.8. The molecule has 2 unspecified atom stereocenters. The molecule has 1 aromatic rings. The van der Waals surface area contributed by atoms with E-state index in [4.69, 9.17) is 0 Å². The average molecular weight is 260 g/mol. The molecule has 2 heteroatoms. The Balaban J connectivity index is 2.24. The van der Waals surface area contributed by atoms with Crippen LogP contribution >= 0.6 is 0 Å². The van der Waals surface area contributed by atoms with E-state index in [9.17, 15) is 0 Å². The highest BCUT2D eigenvalue weighted by Crippen LogP contribution is 2.27. The van der Waals surface area contributed by atoms with Crippen LogP contribution in [0.5, 0.6) is 0 Å². The molecule has 1 heterocycles. The number of nitrogens with one attached hydrogen (secondary N) is 1.